The highest BCUT2D eigenvalue weighted by atomic mass is 16.4. The number of hydrogen-bond donors (Lipinski definition) is 9. The number of rotatable bonds is 9. The van der Waals surface area contributed by atoms with Gasteiger partial charge in [0.2, 0.25) is 0 Å². The standard InChI is InChI=1S/C6H9N3O2.2C4H7NO4/c7-5(6(10)11)1-4-2-8-3-9-4;2*5-2(4(8)9)1-3(6)7/h2-3,5H,1,7H2,(H,8,9)(H,10,11);2*2H,1,5H2,(H,6,7)(H,8,9)/t5-;2*2-/m000/s1. The van der Waals surface area contributed by atoms with Crippen molar-refractivity contribution in [2.75, 3.05) is 0 Å². The van der Waals surface area contributed by atoms with E-state index < -0.39 is 60.8 Å². The monoisotopic (exact) mass is 421 g/mol. The van der Waals surface area contributed by atoms with Gasteiger partial charge in [0.15, 0.2) is 0 Å². The third-order valence-corrected chi connectivity index (χ3v) is 2.74. The summed E-state index contributed by atoms with van der Waals surface area (Å²) in [6.07, 6.45) is 2.27. The number of H-pyrrole nitrogens is 1. The molecule has 29 heavy (non-hydrogen) atoms. The summed E-state index contributed by atoms with van der Waals surface area (Å²) in [4.78, 5) is 56.0. The number of nitrogens with zero attached hydrogens (tertiary/aromatic N) is 1. The third-order valence-electron chi connectivity index (χ3n) is 2.74. The maximum atomic E-state index is 10.3. The highest BCUT2D eigenvalue weighted by molar-refractivity contribution is 5.80. The van der Waals surface area contributed by atoms with Crippen molar-refractivity contribution in [2.45, 2.75) is 37.4 Å². The molecule has 0 spiro atoms. The van der Waals surface area contributed by atoms with Gasteiger partial charge in [-0.1, -0.05) is 0 Å². The lowest BCUT2D eigenvalue weighted by atomic mass is 10.2. The highest BCUT2D eigenvalue weighted by Crippen LogP contribution is 1.95. The molecule has 0 aromatic carbocycles. The van der Waals surface area contributed by atoms with E-state index in [-0.39, 0.29) is 6.42 Å². The Morgan fingerprint density at radius 2 is 1.17 bits per heavy atom. The Labute approximate surface area is 163 Å². The Morgan fingerprint density at radius 3 is 1.38 bits per heavy atom. The Hall–Kier alpha value is -3.56. The quantitative estimate of drug-likeness (QED) is 0.193. The van der Waals surface area contributed by atoms with Gasteiger partial charge in [-0.25, -0.2) is 4.98 Å². The fourth-order valence-electron chi connectivity index (χ4n) is 1.27. The summed E-state index contributed by atoms with van der Waals surface area (Å²) in [6.45, 7) is 0. The van der Waals surface area contributed by atoms with Crippen LogP contribution in [0.1, 0.15) is 18.5 Å². The molecule has 0 saturated heterocycles. The number of nitrogens with two attached hydrogens (primary N) is 3. The van der Waals surface area contributed by atoms with E-state index in [2.05, 4.69) is 9.97 Å². The predicted molar refractivity (Wildman–Crippen MR) is 93.6 cm³/mol. The number of imidazole rings is 1. The molecule has 0 aliphatic carbocycles. The minimum atomic E-state index is -1.29. The molecular weight excluding hydrogens is 398 g/mol. The van der Waals surface area contributed by atoms with Gasteiger partial charge >= 0.3 is 29.8 Å². The van der Waals surface area contributed by atoms with Gasteiger partial charge in [-0.15, -0.1) is 0 Å². The van der Waals surface area contributed by atoms with Crippen LogP contribution in [-0.2, 0) is 30.4 Å². The summed E-state index contributed by atoms with van der Waals surface area (Å²) in [7, 11) is 0. The highest BCUT2D eigenvalue weighted by Gasteiger charge is 2.15. The zero-order valence-electron chi connectivity index (χ0n) is 15.0. The van der Waals surface area contributed by atoms with Crippen molar-refractivity contribution in [3.63, 3.8) is 0 Å². The second-order valence-corrected chi connectivity index (χ2v) is 5.31. The first-order valence-electron chi connectivity index (χ1n) is 7.63. The number of carboxylic acid groups (broad SMARTS) is 5. The summed E-state index contributed by atoms with van der Waals surface area (Å²) in [5.74, 6) is -6.00. The molecule has 0 aliphatic rings. The molecule has 1 aromatic heterocycles. The van der Waals surface area contributed by atoms with Crippen molar-refractivity contribution in [3.05, 3.63) is 18.2 Å². The summed E-state index contributed by atoms with van der Waals surface area (Å²) in [6, 6.07) is -3.43. The molecule has 164 valence electrons. The fourth-order valence-corrected chi connectivity index (χ4v) is 1.27. The van der Waals surface area contributed by atoms with Crippen LogP contribution >= 0.6 is 0 Å². The number of aromatic nitrogens is 2. The van der Waals surface area contributed by atoms with Crippen molar-refractivity contribution >= 4 is 29.8 Å². The zero-order valence-corrected chi connectivity index (χ0v) is 15.0. The van der Waals surface area contributed by atoms with Gasteiger partial charge < -0.3 is 47.7 Å². The number of aromatic amines is 1. The molecule has 0 unspecified atom stereocenters. The average molecular weight is 421 g/mol. The Balaban J connectivity index is 0. The molecule has 3 atom stereocenters. The van der Waals surface area contributed by atoms with Crippen LogP contribution in [0.4, 0.5) is 0 Å². The lowest BCUT2D eigenvalue weighted by Crippen LogP contribution is -2.32. The van der Waals surface area contributed by atoms with Crippen LogP contribution in [0.25, 0.3) is 0 Å². The van der Waals surface area contributed by atoms with Gasteiger partial charge in [0.1, 0.15) is 18.1 Å². The number of nitrogens with one attached hydrogen (secondary N) is 1. The predicted octanol–water partition coefficient (Wildman–Crippen LogP) is -2.89. The number of hydrogen-bond acceptors (Lipinski definition) is 9. The van der Waals surface area contributed by atoms with Gasteiger partial charge in [-0.05, 0) is 0 Å². The van der Waals surface area contributed by atoms with Gasteiger partial charge in [-0.3, -0.25) is 24.0 Å². The van der Waals surface area contributed by atoms with Gasteiger partial charge in [0.05, 0.1) is 19.2 Å². The van der Waals surface area contributed by atoms with Gasteiger partial charge in [0, 0.05) is 18.3 Å². The van der Waals surface area contributed by atoms with E-state index in [4.69, 9.17) is 42.7 Å². The molecule has 0 saturated carbocycles. The first kappa shape index (κ1) is 27.7. The van der Waals surface area contributed by atoms with E-state index in [0.717, 1.165) is 5.69 Å². The van der Waals surface area contributed by atoms with E-state index in [0.29, 0.717) is 0 Å². The molecular formula is C14H23N5O10. The molecule has 12 N–H and O–H groups in total. The fraction of sp³-hybridized carbons (Fsp3) is 0.429. The molecule has 0 radical (unpaired) electrons. The van der Waals surface area contributed by atoms with E-state index in [9.17, 15) is 24.0 Å². The third kappa shape index (κ3) is 16.3. The van der Waals surface area contributed by atoms with Crippen molar-refractivity contribution in [1.29, 1.82) is 0 Å². The van der Waals surface area contributed by atoms with E-state index in [1.54, 1.807) is 6.20 Å². The average Bonchev–Trinajstić information content (AvgIpc) is 3.07. The van der Waals surface area contributed by atoms with Crippen molar-refractivity contribution in [2.24, 2.45) is 17.2 Å². The minimum absolute atomic E-state index is 0.287. The van der Waals surface area contributed by atoms with Crippen LogP contribution in [0.3, 0.4) is 0 Å². The van der Waals surface area contributed by atoms with Crippen LogP contribution in [0.15, 0.2) is 12.5 Å². The molecule has 1 rings (SSSR count). The lowest BCUT2D eigenvalue weighted by Gasteiger charge is -2.02. The largest absolute Gasteiger partial charge is 0.481 e. The Morgan fingerprint density at radius 1 is 0.793 bits per heavy atom. The normalized spacial score (nSPS) is 12.7. The number of carboxylic acids is 5. The molecule has 0 aliphatic heterocycles. The number of aliphatic carboxylic acids is 5. The molecule has 15 heteroatoms. The minimum Gasteiger partial charge on any atom is -0.481 e. The number of carbonyl (C=O) groups is 5. The molecule has 15 nitrogen and oxygen atoms in total. The second-order valence-electron chi connectivity index (χ2n) is 5.31. The van der Waals surface area contributed by atoms with E-state index in [1.807, 2.05) is 0 Å². The van der Waals surface area contributed by atoms with Crippen LogP contribution < -0.4 is 17.2 Å². The first-order valence-corrected chi connectivity index (χ1v) is 7.63. The second kappa shape index (κ2) is 14.5. The lowest BCUT2D eigenvalue weighted by molar-refractivity contribution is -0.144. The van der Waals surface area contributed by atoms with E-state index in [1.165, 1.54) is 6.33 Å². The maximum Gasteiger partial charge on any atom is 0.321 e. The Bertz CT molecular complexity index is 646. The van der Waals surface area contributed by atoms with Crippen LogP contribution in [0.5, 0.6) is 0 Å². The summed E-state index contributed by atoms with van der Waals surface area (Å²) in [5, 5.41) is 40.5. The molecule has 1 heterocycles. The topological polar surface area (TPSA) is 293 Å². The van der Waals surface area contributed by atoms with E-state index >= 15 is 0 Å². The van der Waals surface area contributed by atoms with Gasteiger partial charge in [-0.2, -0.15) is 0 Å². The SMILES string of the molecule is N[C@@H](CC(=O)O)C(=O)O.N[C@@H](CC(=O)O)C(=O)O.N[C@@H](Cc1cnc[nH]1)C(=O)O. The molecule has 1 aromatic rings. The zero-order chi connectivity index (χ0) is 23.1. The van der Waals surface area contributed by atoms with Crippen molar-refractivity contribution in [3.8, 4) is 0 Å². The van der Waals surface area contributed by atoms with Crippen LogP contribution in [0.2, 0.25) is 0 Å². The van der Waals surface area contributed by atoms with Crippen LogP contribution in [-0.4, -0.2) is 83.5 Å². The van der Waals surface area contributed by atoms with Crippen molar-refractivity contribution < 1.29 is 49.5 Å². The summed E-state index contributed by atoms with van der Waals surface area (Å²) in [5.41, 5.74) is 15.7. The molecule has 0 amide bonds. The molecule has 0 bridgehead atoms. The summed E-state index contributed by atoms with van der Waals surface area (Å²) >= 11 is 0. The maximum absolute atomic E-state index is 10.3. The van der Waals surface area contributed by atoms with Gasteiger partial charge in [0.25, 0.3) is 0 Å². The first-order chi connectivity index (χ1) is 13.3. The van der Waals surface area contributed by atoms with Crippen LogP contribution in [0, 0.1) is 0 Å². The van der Waals surface area contributed by atoms with Crippen molar-refractivity contribution in [1.82, 2.24) is 9.97 Å². The Kier molecular flexibility index (Phi) is 13.8. The molecule has 0 fully saturated rings. The smallest absolute Gasteiger partial charge is 0.321 e. The summed E-state index contributed by atoms with van der Waals surface area (Å²) < 4.78 is 0.